The molecule has 0 N–H and O–H groups in total. The first-order valence-corrected chi connectivity index (χ1v) is 9.56. The summed E-state index contributed by atoms with van der Waals surface area (Å²) in [6.07, 6.45) is 8.26. The molecule has 5 nitrogen and oxygen atoms in total. The van der Waals surface area contributed by atoms with Crippen LogP contribution in [0.4, 0.5) is 0 Å². The molecule has 1 aliphatic carbocycles. The number of piperazine rings is 1. The van der Waals surface area contributed by atoms with E-state index in [2.05, 4.69) is 11.0 Å². The van der Waals surface area contributed by atoms with Crippen LogP contribution in [0.25, 0.3) is 0 Å². The molecule has 0 saturated carbocycles. The second-order valence-corrected chi connectivity index (χ2v) is 7.14. The van der Waals surface area contributed by atoms with Gasteiger partial charge in [-0.2, -0.15) is 0 Å². The maximum atomic E-state index is 12.5. The molecule has 26 heavy (non-hydrogen) atoms. The van der Waals surface area contributed by atoms with Crippen molar-refractivity contribution in [1.82, 2.24) is 9.80 Å². The average Bonchev–Trinajstić information content (AvgIpc) is 2.91. The first-order chi connectivity index (χ1) is 12.6. The van der Waals surface area contributed by atoms with E-state index in [4.69, 9.17) is 4.74 Å². The number of carbonyl (C=O) groups is 2. The van der Waals surface area contributed by atoms with Crippen LogP contribution in [0.2, 0.25) is 0 Å². The summed E-state index contributed by atoms with van der Waals surface area (Å²) in [4.78, 5) is 28.1. The summed E-state index contributed by atoms with van der Waals surface area (Å²) in [7, 11) is 0. The lowest BCUT2D eigenvalue weighted by atomic mass is 10.1. The van der Waals surface area contributed by atoms with Crippen molar-refractivity contribution in [2.45, 2.75) is 45.3 Å². The van der Waals surface area contributed by atoms with Gasteiger partial charge >= 0.3 is 5.97 Å². The maximum absolute atomic E-state index is 12.5. The van der Waals surface area contributed by atoms with E-state index in [1.807, 2.05) is 35.2 Å². The Morgan fingerprint density at radius 1 is 1.15 bits per heavy atom. The number of allylic oxidation sites excluding steroid dienone is 1. The lowest BCUT2D eigenvalue weighted by Gasteiger charge is -2.34. The van der Waals surface area contributed by atoms with Gasteiger partial charge in [-0.25, -0.2) is 4.79 Å². The number of ether oxygens (including phenoxy) is 1. The fraction of sp³-hybridized carbons (Fsp3) is 0.524. The molecule has 0 aromatic heterocycles. The smallest absolute Gasteiger partial charge is 0.338 e. The molecule has 1 heterocycles. The van der Waals surface area contributed by atoms with Gasteiger partial charge in [0.25, 0.3) is 0 Å². The number of nitrogens with zero attached hydrogens (tertiary/aromatic N) is 2. The molecule has 1 atom stereocenters. The number of rotatable bonds is 4. The second kappa shape index (κ2) is 8.99. The number of benzene rings is 1. The molecule has 0 spiro atoms. The van der Waals surface area contributed by atoms with Crippen molar-refractivity contribution in [3.05, 3.63) is 47.5 Å². The minimum absolute atomic E-state index is 0.103. The van der Waals surface area contributed by atoms with Crippen molar-refractivity contribution in [3.8, 4) is 0 Å². The zero-order chi connectivity index (χ0) is 18.4. The third-order valence-electron chi connectivity index (χ3n) is 5.11. The van der Waals surface area contributed by atoms with E-state index >= 15 is 0 Å². The van der Waals surface area contributed by atoms with Crippen molar-refractivity contribution in [1.29, 1.82) is 0 Å². The summed E-state index contributed by atoms with van der Waals surface area (Å²) in [5, 5.41) is 0. The van der Waals surface area contributed by atoms with Crippen LogP contribution < -0.4 is 0 Å². The zero-order valence-electron chi connectivity index (χ0n) is 15.5. The molecule has 5 heteroatoms. The second-order valence-electron chi connectivity index (χ2n) is 7.14. The predicted octanol–water partition coefficient (Wildman–Crippen LogP) is 3.01. The third-order valence-corrected chi connectivity index (χ3v) is 5.11. The quantitative estimate of drug-likeness (QED) is 0.615. The Balaban J connectivity index is 1.56. The predicted molar refractivity (Wildman–Crippen MR) is 101 cm³/mol. The number of amides is 1. The lowest BCUT2D eigenvalue weighted by Crippen LogP contribution is -2.47. The average molecular weight is 356 g/mol. The molecule has 1 aromatic rings. The van der Waals surface area contributed by atoms with Gasteiger partial charge in [0, 0.05) is 39.6 Å². The molecular formula is C21H28N2O3. The number of hydrogen-bond acceptors (Lipinski definition) is 4. The van der Waals surface area contributed by atoms with Crippen LogP contribution in [-0.4, -0.2) is 54.0 Å². The van der Waals surface area contributed by atoms with Crippen molar-refractivity contribution in [2.75, 3.05) is 26.2 Å². The standard InChI is InChI=1S/C21H28N2O3/c1-17(24)23-13-11-22(12-14-23)16-18-7-6-8-19(15-18)21(25)26-20-9-4-2-3-5-10-20/h4,6-9,15,20H,2-3,5,10-14,16H2,1H3. The van der Waals surface area contributed by atoms with Gasteiger partial charge in [-0.3, -0.25) is 9.69 Å². The summed E-state index contributed by atoms with van der Waals surface area (Å²) in [6.45, 7) is 5.67. The van der Waals surface area contributed by atoms with Gasteiger partial charge in [0.2, 0.25) is 5.91 Å². The van der Waals surface area contributed by atoms with Crippen molar-refractivity contribution in [3.63, 3.8) is 0 Å². The molecule has 1 saturated heterocycles. The normalized spacial score (nSPS) is 21.3. The van der Waals surface area contributed by atoms with E-state index in [0.29, 0.717) is 5.56 Å². The minimum atomic E-state index is -0.246. The van der Waals surface area contributed by atoms with E-state index in [1.165, 1.54) is 0 Å². The number of esters is 1. The molecule has 1 fully saturated rings. The molecule has 1 unspecified atom stereocenters. The Morgan fingerprint density at radius 2 is 1.96 bits per heavy atom. The van der Waals surface area contributed by atoms with Gasteiger partial charge in [0.1, 0.15) is 6.10 Å². The highest BCUT2D eigenvalue weighted by Gasteiger charge is 2.19. The van der Waals surface area contributed by atoms with Crippen LogP contribution in [0, 0.1) is 0 Å². The Kier molecular flexibility index (Phi) is 6.45. The highest BCUT2D eigenvalue weighted by molar-refractivity contribution is 5.89. The van der Waals surface area contributed by atoms with Crippen LogP contribution in [-0.2, 0) is 16.1 Å². The molecule has 1 aliphatic heterocycles. The van der Waals surface area contributed by atoms with Crippen LogP contribution in [0.3, 0.4) is 0 Å². The van der Waals surface area contributed by atoms with Gasteiger partial charge in [0.15, 0.2) is 0 Å². The fourth-order valence-corrected chi connectivity index (χ4v) is 3.53. The largest absolute Gasteiger partial charge is 0.455 e. The summed E-state index contributed by atoms with van der Waals surface area (Å²) < 4.78 is 5.66. The summed E-state index contributed by atoms with van der Waals surface area (Å²) in [5.74, 6) is -0.105. The van der Waals surface area contributed by atoms with Gasteiger partial charge in [-0.1, -0.05) is 18.2 Å². The summed E-state index contributed by atoms with van der Waals surface area (Å²) in [6, 6.07) is 7.71. The van der Waals surface area contributed by atoms with Gasteiger partial charge in [0.05, 0.1) is 5.56 Å². The molecular weight excluding hydrogens is 328 g/mol. The van der Waals surface area contributed by atoms with E-state index in [0.717, 1.165) is 64.0 Å². The zero-order valence-corrected chi connectivity index (χ0v) is 15.5. The third kappa shape index (κ3) is 5.18. The number of hydrogen-bond donors (Lipinski definition) is 0. The van der Waals surface area contributed by atoms with Crippen molar-refractivity contribution < 1.29 is 14.3 Å². The Labute approximate surface area is 155 Å². The van der Waals surface area contributed by atoms with Crippen LogP contribution in [0.1, 0.15) is 48.5 Å². The highest BCUT2D eigenvalue weighted by Crippen LogP contribution is 2.17. The van der Waals surface area contributed by atoms with E-state index in [9.17, 15) is 9.59 Å². The van der Waals surface area contributed by atoms with E-state index in [1.54, 1.807) is 6.92 Å². The summed E-state index contributed by atoms with van der Waals surface area (Å²) >= 11 is 0. The molecule has 0 bridgehead atoms. The SMILES string of the molecule is CC(=O)N1CCN(Cc2cccc(C(=O)OC3C=CCCCC3)c2)CC1. The Morgan fingerprint density at radius 3 is 2.73 bits per heavy atom. The van der Waals surface area contributed by atoms with Gasteiger partial charge < -0.3 is 9.64 Å². The van der Waals surface area contributed by atoms with E-state index < -0.39 is 0 Å². The fourth-order valence-electron chi connectivity index (χ4n) is 3.53. The van der Waals surface area contributed by atoms with Crippen molar-refractivity contribution in [2.24, 2.45) is 0 Å². The highest BCUT2D eigenvalue weighted by atomic mass is 16.5. The first-order valence-electron chi connectivity index (χ1n) is 9.56. The Bertz CT molecular complexity index is 663. The molecule has 3 rings (SSSR count). The van der Waals surface area contributed by atoms with Crippen molar-refractivity contribution >= 4 is 11.9 Å². The van der Waals surface area contributed by atoms with Crippen LogP contribution in [0.5, 0.6) is 0 Å². The monoisotopic (exact) mass is 356 g/mol. The Hall–Kier alpha value is -2.14. The minimum Gasteiger partial charge on any atom is -0.455 e. The van der Waals surface area contributed by atoms with Crippen LogP contribution >= 0.6 is 0 Å². The molecule has 1 amide bonds. The maximum Gasteiger partial charge on any atom is 0.338 e. The topological polar surface area (TPSA) is 49.9 Å². The molecule has 0 radical (unpaired) electrons. The summed E-state index contributed by atoms with van der Waals surface area (Å²) in [5.41, 5.74) is 1.72. The lowest BCUT2D eigenvalue weighted by molar-refractivity contribution is -0.130. The van der Waals surface area contributed by atoms with Gasteiger partial charge in [-0.15, -0.1) is 0 Å². The van der Waals surface area contributed by atoms with Gasteiger partial charge in [-0.05, 0) is 49.5 Å². The molecule has 2 aliphatic rings. The first kappa shape index (κ1) is 18.6. The van der Waals surface area contributed by atoms with Crippen LogP contribution in [0.15, 0.2) is 36.4 Å². The molecule has 140 valence electrons. The van der Waals surface area contributed by atoms with E-state index in [-0.39, 0.29) is 18.0 Å². The number of carbonyl (C=O) groups excluding carboxylic acids is 2. The molecule has 1 aromatic carbocycles.